The first-order valence-electron chi connectivity index (χ1n) is 9.95. The number of para-hydroxylation sites is 2. The molecule has 2 heterocycles. The van der Waals surface area contributed by atoms with Crippen LogP contribution in [0.4, 0.5) is 24.5 Å². The van der Waals surface area contributed by atoms with Crippen molar-refractivity contribution in [1.82, 2.24) is 13.7 Å². The van der Waals surface area contributed by atoms with E-state index in [0.29, 0.717) is 18.6 Å². The van der Waals surface area contributed by atoms with Crippen molar-refractivity contribution < 1.29 is 22.8 Å². The van der Waals surface area contributed by atoms with E-state index in [0.717, 1.165) is 0 Å². The number of benzene rings is 1. The van der Waals surface area contributed by atoms with Crippen LogP contribution < -0.4 is 27.3 Å². The van der Waals surface area contributed by atoms with E-state index in [9.17, 15) is 37.1 Å². The first-order chi connectivity index (χ1) is 16.0. The molecule has 34 heavy (non-hydrogen) atoms. The molecule has 0 radical (unpaired) electrons. The molecule has 10 nitrogen and oxygen atoms in total. The van der Waals surface area contributed by atoms with Crippen molar-refractivity contribution in [2.45, 2.75) is 38.3 Å². The van der Waals surface area contributed by atoms with E-state index in [4.69, 9.17) is 0 Å². The molecule has 1 N–H and O–H groups in total. The molecule has 1 aliphatic rings. The lowest BCUT2D eigenvalue weighted by Gasteiger charge is -2.31. The van der Waals surface area contributed by atoms with Crippen LogP contribution in [-0.2, 0) is 29.2 Å². The molecule has 1 atom stereocenters. The summed E-state index contributed by atoms with van der Waals surface area (Å²) in [6, 6.07) is 2.81. The molecular formula is C21H20F3N5O5. The second-order valence-corrected chi connectivity index (χ2v) is 7.32. The average Bonchev–Trinajstić information content (AvgIpc) is 2.93. The molecule has 1 aromatic carbocycles. The summed E-state index contributed by atoms with van der Waals surface area (Å²) in [5.41, 5.74) is -3.66. The fraction of sp³-hybridized carbons (Fsp3) is 0.286. The Kier molecular flexibility index (Phi) is 6.75. The van der Waals surface area contributed by atoms with Crippen molar-refractivity contribution >= 4 is 23.2 Å². The summed E-state index contributed by atoms with van der Waals surface area (Å²) in [6.07, 6.45) is -3.67. The van der Waals surface area contributed by atoms with Crippen LogP contribution in [0.25, 0.3) is 0 Å². The van der Waals surface area contributed by atoms with Gasteiger partial charge in [-0.05, 0) is 12.1 Å². The summed E-state index contributed by atoms with van der Waals surface area (Å²) in [5, 5.41) is 2.32. The third-order valence-electron chi connectivity index (χ3n) is 5.08. The number of rotatable bonds is 6. The third kappa shape index (κ3) is 4.49. The zero-order chi connectivity index (χ0) is 25.2. The highest BCUT2D eigenvalue weighted by molar-refractivity contribution is 6.04. The minimum atomic E-state index is -5.00. The molecule has 0 aliphatic carbocycles. The number of anilines is 2. The van der Waals surface area contributed by atoms with Crippen LogP contribution >= 0.6 is 0 Å². The van der Waals surface area contributed by atoms with Crippen LogP contribution in [0.1, 0.15) is 6.42 Å². The highest BCUT2D eigenvalue weighted by Gasteiger charge is 2.49. The number of halogens is 3. The first kappa shape index (κ1) is 24.5. The van der Waals surface area contributed by atoms with Gasteiger partial charge in [-0.2, -0.15) is 13.2 Å². The van der Waals surface area contributed by atoms with Gasteiger partial charge in [0.2, 0.25) is 11.8 Å². The van der Waals surface area contributed by atoms with Crippen molar-refractivity contribution in [1.29, 1.82) is 0 Å². The molecule has 0 spiro atoms. The van der Waals surface area contributed by atoms with Crippen LogP contribution in [0.3, 0.4) is 0 Å². The van der Waals surface area contributed by atoms with Gasteiger partial charge in [0.15, 0.2) is 0 Å². The molecule has 3 rings (SSSR count). The van der Waals surface area contributed by atoms with Gasteiger partial charge in [-0.15, -0.1) is 13.2 Å². The van der Waals surface area contributed by atoms with Crippen molar-refractivity contribution in [2.24, 2.45) is 0 Å². The minimum absolute atomic E-state index is 0.0411. The number of amides is 2. The van der Waals surface area contributed by atoms with Gasteiger partial charge in [0.1, 0.15) is 12.6 Å². The van der Waals surface area contributed by atoms with Crippen LogP contribution in [-0.4, -0.2) is 37.7 Å². The standard InChI is InChI=1S/C21H20F3N5O5/c1-3-9-26-18(32)27(10-4-2)20(34)28(19(26)33)12-17(31)29-14-8-6-5-7-13(14)25-16(30)11-15(29)21(22,23)24/h3-8,15H,1-2,9-12H2,(H,25,30). The highest BCUT2D eigenvalue weighted by atomic mass is 19.4. The molecule has 0 saturated carbocycles. The van der Waals surface area contributed by atoms with Crippen molar-refractivity contribution in [3.63, 3.8) is 0 Å². The lowest BCUT2D eigenvalue weighted by atomic mass is 10.1. The lowest BCUT2D eigenvalue weighted by molar-refractivity contribution is -0.158. The summed E-state index contributed by atoms with van der Waals surface area (Å²) in [4.78, 5) is 63.8. The van der Waals surface area contributed by atoms with E-state index in [2.05, 4.69) is 18.5 Å². The Morgan fingerprint density at radius 1 is 0.971 bits per heavy atom. The predicted molar refractivity (Wildman–Crippen MR) is 117 cm³/mol. The van der Waals surface area contributed by atoms with Gasteiger partial charge in [0.05, 0.1) is 30.9 Å². The zero-order valence-electron chi connectivity index (χ0n) is 17.7. The number of allylic oxidation sites excluding steroid dienone is 2. The van der Waals surface area contributed by atoms with Gasteiger partial charge in [0, 0.05) is 0 Å². The lowest BCUT2D eigenvalue weighted by Crippen LogP contribution is -2.57. The molecule has 13 heteroatoms. The van der Waals surface area contributed by atoms with Crippen molar-refractivity contribution in [3.05, 3.63) is 81.0 Å². The molecule has 0 saturated heterocycles. The van der Waals surface area contributed by atoms with Gasteiger partial charge in [-0.3, -0.25) is 14.5 Å². The SMILES string of the molecule is C=CCn1c(=O)n(CC=C)c(=O)n(CC(=O)N2c3ccccc3NC(=O)CC2C(F)(F)F)c1=O. The van der Waals surface area contributed by atoms with E-state index >= 15 is 0 Å². The highest BCUT2D eigenvalue weighted by Crippen LogP contribution is 2.37. The number of fused-ring (bicyclic) bond motifs is 1. The molecule has 0 bridgehead atoms. The molecule has 180 valence electrons. The number of carbonyl (C=O) groups excluding carboxylic acids is 2. The quantitative estimate of drug-likeness (QED) is 0.617. The van der Waals surface area contributed by atoms with Crippen LogP contribution in [0.5, 0.6) is 0 Å². The maximum atomic E-state index is 13.9. The van der Waals surface area contributed by atoms with Crippen LogP contribution in [0.15, 0.2) is 64.0 Å². The third-order valence-corrected chi connectivity index (χ3v) is 5.08. The normalized spacial score (nSPS) is 15.8. The maximum Gasteiger partial charge on any atom is 0.409 e. The minimum Gasteiger partial charge on any atom is -0.324 e. The number of nitrogens with one attached hydrogen (secondary N) is 1. The molecule has 2 aromatic rings. The Bertz CT molecular complexity index is 1290. The summed E-state index contributed by atoms with van der Waals surface area (Å²) < 4.78 is 43.3. The topological polar surface area (TPSA) is 115 Å². The van der Waals surface area contributed by atoms with Gasteiger partial charge >= 0.3 is 23.2 Å². The molecule has 1 unspecified atom stereocenters. The molecule has 2 amide bonds. The number of hydrogen-bond acceptors (Lipinski definition) is 5. The molecule has 1 aromatic heterocycles. The summed E-state index contributed by atoms with van der Waals surface area (Å²) >= 11 is 0. The average molecular weight is 479 g/mol. The number of aromatic nitrogens is 3. The van der Waals surface area contributed by atoms with Crippen molar-refractivity contribution in [3.8, 4) is 0 Å². The summed E-state index contributed by atoms with van der Waals surface area (Å²) in [6.45, 7) is 5.13. The van der Waals surface area contributed by atoms with Gasteiger partial charge in [0.25, 0.3) is 0 Å². The fourth-order valence-electron chi connectivity index (χ4n) is 3.60. The van der Waals surface area contributed by atoms with E-state index in [1.165, 1.54) is 36.4 Å². The summed E-state index contributed by atoms with van der Waals surface area (Å²) in [5.74, 6) is -2.24. The molecular weight excluding hydrogens is 459 g/mol. The van der Waals surface area contributed by atoms with Crippen LogP contribution in [0, 0.1) is 0 Å². The Morgan fingerprint density at radius 3 is 2.03 bits per heavy atom. The summed E-state index contributed by atoms with van der Waals surface area (Å²) in [7, 11) is 0. The van der Waals surface area contributed by atoms with E-state index in [1.54, 1.807) is 0 Å². The van der Waals surface area contributed by atoms with E-state index in [-0.39, 0.29) is 24.5 Å². The number of nitrogens with zero attached hydrogens (tertiary/aromatic N) is 4. The van der Waals surface area contributed by atoms with Gasteiger partial charge in [-0.1, -0.05) is 24.3 Å². The fourth-order valence-corrected chi connectivity index (χ4v) is 3.60. The number of carbonyl (C=O) groups is 2. The Labute approximate surface area is 189 Å². The Balaban J connectivity index is 2.19. The predicted octanol–water partition coefficient (Wildman–Crippen LogP) is 0.850. The van der Waals surface area contributed by atoms with E-state index in [1.807, 2.05) is 0 Å². The molecule has 1 aliphatic heterocycles. The number of hydrogen-bond donors (Lipinski definition) is 1. The van der Waals surface area contributed by atoms with Crippen molar-refractivity contribution in [2.75, 3.05) is 10.2 Å². The second-order valence-electron chi connectivity index (χ2n) is 7.32. The zero-order valence-corrected chi connectivity index (χ0v) is 17.7. The monoisotopic (exact) mass is 479 g/mol. The Hall–Kier alpha value is -4.16. The van der Waals surface area contributed by atoms with E-state index < -0.39 is 54.1 Å². The van der Waals surface area contributed by atoms with Gasteiger partial charge < -0.3 is 5.32 Å². The maximum absolute atomic E-state index is 13.9. The largest absolute Gasteiger partial charge is 0.409 e. The smallest absolute Gasteiger partial charge is 0.324 e. The van der Waals surface area contributed by atoms with Gasteiger partial charge in [-0.25, -0.2) is 28.1 Å². The second kappa shape index (κ2) is 9.37. The molecule has 0 fully saturated rings. The number of alkyl halides is 3. The first-order valence-corrected chi connectivity index (χ1v) is 9.95. The Morgan fingerprint density at radius 2 is 1.50 bits per heavy atom. The van der Waals surface area contributed by atoms with Crippen LogP contribution in [0.2, 0.25) is 0 Å².